The van der Waals surface area contributed by atoms with Crippen molar-refractivity contribution >= 4 is 21.9 Å². The summed E-state index contributed by atoms with van der Waals surface area (Å²) in [4.78, 5) is 11.6. The first-order valence-electron chi connectivity index (χ1n) is 6.69. The molecular formula is C15H21BrO5. The highest BCUT2D eigenvalue weighted by atomic mass is 79.9. The van der Waals surface area contributed by atoms with Crippen molar-refractivity contribution in [1.82, 2.24) is 0 Å². The lowest BCUT2D eigenvalue weighted by atomic mass is 10.2. The van der Waals surface area contributed by atoms with Crippen LogP contribution >= 0.6 is 15.9 Å². The number of methoxy groups -OCH3 is 2. The third kappa shape index (κ3) is 5.21. The minimum absolute atomic E-state index is 0.288. The molecule has 0 aliphatic rings. The molecule has 1 unspecified atom stereocenters. The van der Waals surface area contributed by atoms with Crippen LogP contribution in [0.15, 0.2) is 12.1 Å². The first-order valence-corrected chi connectivity index (χ1v) is 7.61. The Morgan fingerprint density at radius 3 is 2.29 bits per heavy atom. The lowest BCUT2D eigenvalue weighted by Gasteiger charge is -2.15. The molecule has 1 rings (SSSR count). The van der Waals surface area contributed by atoms with Gasteiger partial charge >= 0.3 is 5.97 Å². The SMILES string of the molecule is CCOCCC(Br)C(=O)Oc1c(OC)cc(C)cc1OC. The summed E-state index contributed by atoms with van der Waals surface area (Å²) in [5.74, 6) is 0.807. The second-order valence-electron chi connectivity index (χ2n) is 4.37. The Labute approximate surface area is 133 Å². The average Bonchev–Trinajstić information content (AvgIpc) is 2.48. The van der Waals surface area contributed by atoms with E-state index in [0.29, 0.717) is 31.1 Å². The fourth-order valence-corrected chi connectivity index (χ4v) is 2.01. The van der Waals surface area contributed by atoms with Crippen molar-refractivity contribution in [3.8, 4) is 17.2 Å². The van der Waals surface area contributed by atoms with E-state index in [4.69, 9.17) is 18.9 Å². The lowest BCUT2D eigenvalue weighted by molar-refractivity contribution is -0.134. The number of benzene rings is 1. The topological polar surface area (TPSA) is 54.0 Å². The van der Waals surface area contributed by atoms with Gasteiger partial charge in [-0.3, -0.25) is 4.79 Å². The molecule has 0 saturated heterocycles. The summed E-state index contributed by atoms with van der Waals surface area (Å²) in [6.45, 7) is 4.92. The van der Waals surface area contributed by atoms with Crippen LogP contribution in [0.1, 0.15) is 18.9 Å². The molecule has 118 valence electrons. The van der Waals surface area contributed by atoms with Gasteiger partial charge in [0.2, 0.25) is 5.75 Å². The fourth-order valence-electron chi connectivity index (χ4n) is 1.73. The largest absolute Gasteiger partial charge is 0.493 e. The van der Waals surface area contributed by atoms with Crippen molar-refractivity contribution in [1.29, 1.82) is 0 Å². The molecule has 0 aliphatic heterocycles. The predicted octanol–water partition coefficient (Wildman–Crippen LogP) is 3.11. The summed E-state index contributed by atoms with van der Waals surface area (Å²) in [7, 11) is 3.04. The number of halogens is 1. The molecule has 0 aromatic heterocycles. The van der Waals surface area contributed by atoms with E-state index in [1.807, 2.05) is 13.8 Å². The Kier molecular flexibility index (Phi) is 7.53. The van der Waals surface area contributed by atoms with Crippen LogP contribution in [0.25, 0.3) is 0 Å². The van der Waals surface area contributed by atoms with Gasteiger partial charge in [-0.2, -0.15) is 0 Å². The summed E-state index contributed by atoms with van der Waals surface area (Å²) >= 11 is 3.30. The van der Waals surface area contributed by atoms with E-state index >= 15 is 0 Å². The van der Waals surface area contributed by atoms with E-state index in [2.05, 4.69) is 15.9 Å². The number of hydrogen-bond donors (Lipinski definition) is 0. The molecule has 0 bridgehead atoms. The number of alkyl halides is 1. The van der Waals surface area contributed by atoms with Gasteiger partial charge in [0.15, 0.2) is 11.5 Å². The molecule has 5 nitrogen and oxygen atoms in total. The summed E-state index contributed by atoms with van der Waals surface area (Å²) in [6, 6.07) is 3.57. The maximum Gasteiger partial charge on any atom is 0.325 e. The number of aryl methyl sites for hydroxylation is 1. The van der Waals surface area contributed by atoms with Gasteiger partial charge < -0.3 is 18.9 Å². The third-order valence-corrected chi connectivity index (χ3v) is 3.61. The van der Waals surface area contributed by atoms with Gasteiger partial charge in [0.25, 0.3) is 0 Å². The van der Waals surface area contributed by atoms with Crippen LogP contribution in [-0.2, 0) is 9.53 Å². The van der Waals surface area contributed by atoms with E-state index < -0.39 is 10.8 Å². The average molecular weight is 361 g/mol. The monoisotopic (exact) mass is 360 g/mol. The van der Waals surface area contributed by atoms with Gasteiger partial charge in [0, 0.05) is 13.2 Å². The first kappa shape index (κ1) is 17.8. The summed E-state index contributed by atoms with van der Waals surface area (Å²) in [6.07, 6.45) is 0.531. The molecule has 0 fully saturated rings. The van der Waals surface area contributed by atoms with Crippen LogP contribution in [0, 0.1) is 6.92 Å². The minimum atomic E-state index is -0.445. The molecule has 0 radical (unpaired) electrons. The maximum atomic E-state index is 12.1. The number of ether oxygens (including phenoxy) is 4. The van der Waals surface area contributed by atoms with Crippen LogP contribution in [0.2, 0.25) is 0 Å². The number of esters is 1. The van der Waals surface area contributed by atoms with Gasteiger partial charge in [-0.1, -0.05) is 15.9 Å². The van der Waals surface area contributed by atoms with Gasteiger partial charge in [-0.05, 0) is 38.0 Å². The molecule has 21 heavy (non-hydrogen) atoms. The normalized spacial score (nSPS) is 11.9. The van der Waals surface area contributed by atoms with E-state index in [-0.39, 0.29) is 5.75 Å². The van der Waals surface area contributed by atoms with Crippen molar-refractivity contribution in [2.75, 3.05) is 27.4 Å². The van der Waals surface area contributed by atoms with Crippen LogP contribution < -0.4 is 14.2 Å². The zero-order valence-corrected chi connectivity index (χ0v) is 14.4. The Morgan fingerprint density at radius 1 is 1.24 bits per heavy atom. The summed E-state index contributed by atoms with van der Waals surface area (Å²) in [5.41, 5.74) is 0.954. The summed E-state index contributed by atoms with van der Waals surface area (Å²) in [5, 5.41) is 0. The molecule has 0 amide bonds. The zero-order chi connectivity index (χ0) is 15.8. The Hall–Kier alpha value is -1.27. The molecule has 0 aliphatic carbocycles. The van der Waals surface area contributed by atoms with Gasteiger partial charge in [-0.15, -0.1) is 0 Å². The van der Waals surface area contributed by atoms with Crippen molar-refractivity contribution in [3.05, 3.63) is 17.7 Å². The molecule has 6 heteroatoms. The summed E-state index contributed by atoms with van der Waals surface area (Å²) < 4.78 is 21.1. The number of rotatable bonds is 8. The zero-order valence-electron chi connectivity index (χ0n) is 12.8. The minimum Gasteiger partial charge on any atom is -0.493 e. The highest BCUT2D eigenvalue weighted by Crippen LogP contribution is 2.38. The van der Waals surface area contributed by atoms with Crippen molar-refractivity contribution in [2.45, 2.75) is 25.1 Å². The number of hydrogen-bond acceptors (Lipinski definition) is 5. The van der Waals surface area contributed by atoms with Crippen molar-refractivity contribution in [2.24, 2.45) is 0 Å². The van der Waals surface area contributed by atoms with Crippen LogP contribution in [-0.4, -0.2) is 38.2 Å². The standard InChI is InChI=1S/C15H21BrO5/c1-5-20-7-6-11(16)15(17)21-14-12(18-3)8-10(2)9-13(14)19-4/h8-9,11H,5-7H2,1-4H3. The molecule has 1 atom stereocenters. The molecule has 1 aromatic rings. The third-order valence-electron chi connectivity index (χ3n) is 2.78. The quantitative estimate of drug-likeness (QED) is 0.308. The van der Waals surface area contributed by atoms with Crippen LogP contribution in [0.5, 0.6) is 17.2 Å². The first-order chi connectivity index (χ1) is 10.0. The highest BCUT2D eigenvalue weighted by Gasteiger charge is 2.22. The molecule has 0 heterocycles. The molecule has 1 aromatic carbocycles. The smallest absolute Gasteiger partial charge is 0.325 e. The van der Waals surface area contributed by atoms with E-state index in [0.717, 1.165) is 5.56 Å². The maximum absolute atomic E-state index is 12.1. The van der Waals surface area contributed by atoms with E-state index in [9.17, 15) is 4.79 Å². The van der Waals surface area contributed by atoms with Crippen LogP contribution in [0.3, 0.4) is 0 Å². The predicted molar refractivity (Wildman–Crippen MR) is 83.7 cm³/mol. The second kappa shape index (κ2) is 8.89. The van der Waals surface area contributed by atoms with Crippen molar-refractivity contribution < 1.29 is 23.7 Å². The van der Waals surface area contributed by atoms with Crippen LogP contribution in [0.4, 0.5) is 0 Å². The highest BCUT2D eigenvalue weighted by molar-refractivity contribution is 9.10. The number of carbonyl (C=O) groups excluding carboxylic acids is 1. The van der Waals surface area contributed by atoms with Crippen molar-refractivity contribution in [3.63, 3.8) is 0 Å². The van der Waals surface area contributed by atoms with Gasteiger partial charge in [-0.25, -0.2) is 0 Å². The van der Waals surface area contributed by atoms with Gasteiger partial charge in [0.1, 0.15) is 4.83 Å². The van der Waals surface area contributed by atoms with E-state index in [1.54, 1.807) is 12.1 Å². The Morgan fingerprint density at radius 2 is 1.81 bits per heavy atom. The Balaban J connectivity index is 2.83. The molecule has 0 N–H and O–H groups in total. The molecular weight excluding hydrogens is 340 g/mol. The van der Waals surface area contributed by atoms with Gasteiger partial charge in [0.05, 0.1) is 14.2 Å². The molecule has 0 spiro atoms. The molecule has 0 saturated carbocycles. The lowest BCUT2D eigenvalue weighted by Crippen LogP contribution is -2.22. The number of carbonyl (C=O) groups is 1. The second-order valence-corrected chi connectivity index (χ2v) is 5.48. The van der Waals surface area contributed by atoms with E-state index in [1.165, 1.54) is 14.2 Å². The fraction of sp³-hybridized carbons (Fsp3) is 0.533. The Bertz CT molecular complexity index is 450.